The van der Waals surface area contributed by atoms with Crippen LogP contribution in [0.2, 0.25) is 0 Å². The van der Waals surface area contributed by atoms with E-state index in [1.807, 2.05) is 22.6 Å². The second-order valence-electron chi connectivity index (χ2n) is 3.50. The predicted octanol–water partition coefficient (Wildman–Crippen LogP) is -0.225. The van der Waals surface area contributed by atoms with Gasteiger partial charge in [-0.05, 0) is 22.6 Å². The van der Waals surface area contributed by atoms with Crippen molar-refractivity contribution in [2.75, 3.05) is 31.6 Å². The summed E-state index contributed by atoms with van der Waals surface area (Å²) < 4.78 is 5.91. The van der Waals surface area contributed by atoms with Crippen LogP contribution in [-0.4, -0.2) is 42.3 Å². The molecule has 88 valence electrons. The molecule has 2 rings (SSSR count). The van der Waals surface area contributed by atoms with Crippen molar-refractivity contribution >= 4 is 28.4 Å². The molecule has 0 radical (unpaired) electrons. The first kappa shape index (κ1) is 11.8. The number of ether oxygens (including phenoxy) is 1. The molecular formula is C9H13IN4O2. The average Bonchev–Trinajstić information content (AvgIpc) is 2.32. The van der Waals surface area contributed by atoms with Crippen LogP contribution in [-0.2, 0) is 4.74 Å². The summed E-state index contributed by atoms with van der Waals surface area (Å²) in [6.45, 7) is 3.02. The van der Waals surface area contributed by atoms with Gasteiger partial charge in [-0.3, -0.25) is 4.79 Å². The third kappa shape index (κ3) is 2.92. The molecule has 16 heavy (non-hydrogen) atoms. The predicted molar refractivity (Wildman–Crippen MR) is 68.7 cm³/mol. The second-order valence-corrected chi connectivity index (χ2v) is 4.58. The topological polar surface area (TPSA) is 79.0 Å². The van der Waals surface area contributed by atoms with Gasteiger partial charge in [0.2, 0.25) is 0 Å². The molecule has 3 N–H and O–H groups in total. The van der Waals surface area contributed by atoms with Crippen molar-refractivity contribution in [3.8, 4) is 0 Å². The SMILES string of the molecule is O=c1[nH]cnc(NCC2COCCN2)c1I. The van der Waals surface area contributed by atoms with Gasteiger partial charge in [0.15, 0.2) is 0 Å². The van der Waals surface area contributed by atoms with Gasteiger partial charge in [0.05, 0.1) is 19.5 Å². The maximum atomic E-state index is 11.3. The Hall–Kier alpha value is -0.670. The van der Waals surface area contributed by atoms with E-state index < -0.39 is 0 Å². The van der Waals surface area contributed by atoms with Crippen LogP contribution in [0.1, 0.15) is 0 Å². The Kier molecular flexibility index (Phi) is 4.13. The van der Waals surface area contributed by atoms with Gasteiger partial charge in [-0.25, -0.2) is 4.98 Å². The molecule has 1 unspecified atom stereocenters. The van der Waals surface area contributed by atoms with E-state index in [9.17, 15) is 4.79 Å². The zero-order valence-corrected chi connectivity index (χ0v) is 10.8. The van der Waals surface area contributed by atoms with Crippen molar-refractivity contribution in [2.24, 2.45) is 0 Å². The van der Waals surface area contributed by atoms with Crippen LogP contribution in [0.4, 0.5) is 5.82 Å². The van der Waals surface area contributed by atoms with Gasteiger partial charge in [-0.1, -0.05) is 0 Å². The summed E-state index contributed by atoms with van der Waals surface area (Å²) in [6.07, 6.45) is 1.40. The minimum atomic E-state index is -0.119. The van der Waals surface area contributed by atoms with Gasteiger partial charge in [-0.15, -0.1) is 0 Å². The third-order valence-corrected chi connectivity index (χ3v) is 3.31. The van der Waals surface area contributed by atoms with Crippen LogP contribution in [0.15, 0.2) is 11.1 Å². The number of nitrogens with one attached hydrogen (secondary N) is 3. The number of halogens is 1. The van der Waals surface area contributed by atoms with Gasteiger partial charge < -0.3 is 20.4 Å². The normalized spacial score (nSPS) is 20.7. The van der Waals surface area contributed by atoms with E-state index in [-0.39, 0.29) is 11.6 Å². The molecule has 0 spiro atoms. The zero-order chi connectivity index (χ0) is 11.4. The summed E-state index contributed by atoms with van der Waals surface area (Å²) in [4.78, 5) is 17.9. The van der Waals surface area contributed by atoms with Crippen LogP contribution in [0.25, 0.3) is 0 Å². The highest BCUT2D eigenvalue weighted by Gasteiger charge is 2.13. The van der Waals surface area contributed by atoms with Crippen molar-refractivity contribution in [2.45, 2.75) is 6.04 Å². The molecule has 1 aromatic rings. The summed E-state index contributed by atoms with van der Waals surface area (Å²) in [5, 5.41) is 6.46. The summed E-state index contributed by atoms with van der Waals surface area (Å²) in [6, 6.07) is 0.269. The first-order valence-electron chi connectivity index (χ1n) is 5.05. The van der Waals surface area contributed by atoms with Gasteiger partial charge in [-0.2, -0.15) is 0 Å². The summed E-state index contributed by atoms with van der Waals surface area (Å²) in [7, 11) is 0. The lowest BCUT2D eigenvalue weighted by Gasteiger charge is -2.24. The summed E-state index contributed by atoms with van der Waals surface area (Å²) >= 11 is 1.98. The van der Waals surface area contributed by atoms with Crippen molar-refractivity contribution in [1.82, 2.24) is 15.3 Å². The Morgan fingerprint density at radius 1 is 1.69 bits per heavy atom. The van der Waals surface area contributed by atoms with Crippen molar-refractivity contribution in [3.05, 3.63) is 20.3 Å². The van der Waals surface area contributed by atoms with E-state index in [1.54, 1.807) is 0 Å². The van der Waals surface area contributed by atoms with Crippen molar-refractivity contribution in [1.29, 1.82) is 0 Å². The largest absolute Gasteiger partial charge is 0.378 e. The average molecular weight is 336 g/mol. The first-order chi connectivity index (χ1) is 7.77. The number of hydrogen-bond acceptors (Lipinski definition) is 5. The molecule has 0 saturated carbocycles. The zero-order valence-electron chi connectivity index (χ0n) is 8.62. The smallest absolute Gasteiger partial charge is 0.266 e. The lowest BCUT2D eigenvalue weighted by atomic mass is 10.3. The standard InChI is InChI=1S/C9H13IN4O2/c10-7-8(13-5-14-9(7)15)12-3-6-4-16-2-1-11-6/h5-6,11H,1-4H2,(H2,12,13,14,15). The van der Waals surface area contributed by atoms with Gasteiger partial charge in [0, 0.05) is 19.1 Å². The molecule has 1 aromatic heterocycles. The fourth-order valence-electron chi connectivity index (χ4n) is 1.48. The van der Waals surface area contributed by atoms with E-state index in [2.05, 4.69) is 20.6 Å². The highest BCUT2D eigenvalue weighted by Crippen LogP contribution is 2.08. The van der Waals surface area contributed by atoms with E-state index in [0.717, 1.165) is 13.2 Å². The molecular weight excluding hydrogens is 323 g/mol. The molecule has 1 aliphatic rings. The molecule has 1 atom stereocenters. The van der Waals surface area contributed by atoms with Crippen LogP contribution < -0.4 is 16.2 Å². The number of H-pyrrole nitrogens is 1. The van der Waals surface area contributed by atoms with Crippen LogP contribution in [0.3, 0.4) is 0 Å². The highest BCUT2D eigenvalue weighted by atomic mass is 127. The molecule has 6 nitrogen and oxygen atoms in total. The lowest BCUT2D eigenvalue weighted by molar-refractivity contribution is 0.0806. The fraction of sp³-hybridized carbons (Fsp3) is 0.556. The molecule has 0 bridgehead atoms. The maximum Gasteiger partial charge on any atom is 0.266 e. The minimum Gasteiger partial charge on any atom is -0.378 e. The van der Waals surface area contributed by atoms with E-state index in [1.165, 1.54) is 6.33 Å². The molecule has 1 fully saturated rings. The Morgan fingerprint density at radius 3 is 3.31 bits per heavy atom. The summed E-state index contributed by atoms with van der Waals surface area (Å²) in [5.41, 5.74) is -0.119. The number of morpholine rings is 1. The molecule has 0 aromatic carbocycles. The minimum absolute atomic E-state index is 0.119. The van der Waals surface area contributed by atoms with E-state index in [0.29, 0.717) is 22.5 Å². The van der Waals surface area contributed by atoms with Crippen molar-refractivity contribution < 1.29 is 4.74 Å². The van der Waals surface area contributed by atoms with Gasteiger partial charge >= 0.3 is 0 Å². The molecule has 0 amide bonds. The number of aromatic nitrogens is 2. The number of rotatable bonds is 3. The third-order valence-electron chi connectivity index (χ3n) is 2.31. The van der Waals surface area contributed by atoms with Crippen molar-refractivity contribution in [3.63, 3.8) is 0 Å². The fourth-order valence-corrected chi connectivity index (χ4v) is 1.96. The molecule has 0 aliphatic carbocycles. The molecule has 7 heteroatoms. The molecule has 2 heterocycles. The van der Waals surface area contributed by atoms with Crippen LogP contribution >= 0.6 is 22.6 Å². The number of anilines is 1. The Morgan fingerprint density at radius 2 is 2.56 bits per heavy atom. The highest BCUT2D eigenvalue weighted by molar-refractivity contribution is 14.1. The van der Waals surface area contributed by atoms with Crippen LogP contribution in [0, 0.1) is 3.57 Å². The van der Waals surface area contributed by atoms with Crippen LogP contribution in [0.5, 0.6) is 0 Å². The number of hydrogen-bond donors (Lipinski definition) is 3. The molecule has 1 aliphatic heterocycles. The lowest BCUT2D eigenvalue weighted by Crippen LogP contribution is -2.45. The van der Waals surface area contributed by atoms with E-state index in [4.69, 9.17) is 4.74 Å². The maximum absolute atomic E-state index is 11.3. The Balaban J connectivity index is 1.93. The van der Waals surface area contributed by atoms with Gasteiger partial charge in [0.25, 0.3) is 5.56 Å². The first-order valence-corrected chi connectivity index (χ1v) is 6.13. The Labute approximate surface area is 106 Å². The number of aromatic amines is 1. The quantitative estimate of drug-likeness (QED) is 0.665. The van der Waals surface area contributed by atoms with Gasteiger partial charge in [0.1, 0.15) is 9.39 Å². The molecule has 1 saturated heterocycles. The summed E-state index contributed by atoms with van der Waals surface area (Å²) in [5.74, 6) is 0.622. The number of nitrogens with zero attached hydrogens (tertiary/aromatic N) is 1. The Bertz CT molecular complexity index is 403. The monoisotopic (exact) mass is 336 g/mol. The van der Waals surface area contributed by atoms with E-state index >= 15 is 0 Å². The second kappa shape index (κ2) is 5.60.